The molecule has 9 aliphatic heterocycles. The lowest BCUT2D eigenvalue weighted by atomic mass is 9.84. The standard InChI is InChI=1S/C99H113F3N20O7/c1-8-89(123)120-46-43-117(55-69(120)31-37-103)93-79-33-40-114(86-26-16-19-64-18-11-12-22-76(64)86)58-83(79)105-97(109-93)128-62-73-28-27-66(53-112(73)5)75-29-30-87(78-24-14-13-23-77(75)78)115-41-34-80-84(59-115)106-98(110-95(80)119-45-48-122(91(125)10-3)71(57-119)36-49-126-7)129-63-74-51-68(54-113(74)6)67-50-65-20-15-25-82(99(100,101)102)92(65)88(52-67)116-42-35-81-85(60-116)107-96(127-61-72-21-17-39-111(72)4)108-94(81)118-44-47-121(90(124)9-2)70(56-118)32-38-104/h8-16,18-20,22-26,29-30,50,52,66,68-74H,1-3,17,21,27-28,31-36,39-49,51,53-63H2,4-7H3/t66?,68?,69-,70-,71-,72-,73+,74-/m0/s1. The number of carbonyl (C=O) groups is 3. The zero-order valence-corrected chi connectivity index (χ0v) is 74.1. The van der Waals surface area contributed by atoms with Crippen molar-refractivity contribution < 1.29 is 46.5 Å². The number of benzene rings is 6. The molecule has 2 unspecified atom stereocenters. The van der Waals surface area contributed by atoms with E-state index in [1.165, 1.54) is 52.1 Å². The molecule has 0 aliphatic carbocycles. The number of likely N-dealkylation sites (N-methyl/N-ethyl adjacent to an activating group) is 3. The number of nitriles is 2. The lowest BCUT2D eigenvalue weighted by molar-refractivity contribution is -0.136. The molecule has 6 fully saturated rings. The van der Waals surface area contributed by atoms with E-state index in [4.69, 9.17) is 48.9 Å². The summed E-state index contributed by atoms with van der Waals surface area (Å²) in [5.74, 6) is 1.78. The minimum absolute atomic E-state index is 0.0784. The summed E-state index contributed by atoms with van der Waals surface area (Å²) in [5.41, 5.74) is 9.55. The van der Waals surface area contributed by atoms with E-state index in [2.05, 4.69) is 171 Å². The van der Waals surface area contributed by atoms with Crippen LogP contribution >= 0.6 is 0 Å². The summed E-state index contributed by atoms with van der Waals surface area (Å²) in [4.78, 5) is 96.7. The second kappa shape index (κ2) is 37.8. The van der Waals surface area contributed by atoms with Crippen LogP contribution in [-0.2, 0) is 64.2 Å². The number of likely N-dealkylation sites (tertiary alicyclic amines) is 3. The third-order valence-electron chi connectivity index (χ3n) is 28.6. The summed E-state index contributed by atoms with van der Waals surface area (Å²) in [5, 5.41) is 25.2. The van der Waals surface area contributed by atoms with Gasteiger partial charge in [0.1, 0.15) is 37.3 Å². The van der Waals surface area contributed by atoms with Gasteiger partial charge in [-0.3, -0.25) is 24.2 Å². The van der Waals surface area contributed by atoms with E-state index in [1.54, 1.807) is 23.0 Å². The molecule has 18 rings (SSSR count). The molecule has 0 radical (unpaired) electrons. The molecule has 8 atom stereocenters. The van der Waals surface area contributed by atoms with Crippen molar-refractivity contribution in [1.82, 2.24) is 59.3 Å². The molecule has 3 aromatic heterocycles. The molecule has 0 saturated carbocycles. The number of ether oxygens (including phenoxy) is 4. The van der Waals surface area contributed by atoms with Crippen LogP contribution in [0.3, 0.4) is 0 Å². The molecule has 9 aromatic rings. The molecular weight excluding hydrogens is 1640 g/mol. The second-order valence-electron chi connectivity index (χ2n) is 36.1. The van der Waals surface area contributed by atoms with Crippen molar-refractivity contribution in [2.75, 3.05) is 182 Å². The van der Waals surface area contributed by atoms with E-state index in [1.807, 2.05) is 21.9 Å². The summed E-state index contributed by atoms with van der Waals surface area (Å²) < 4.78 is 72.6. The van der Waals surface area contributed by atoms with Crippen LogP contribution in [-0.4, -0.2) is 266 Å². The van der Waals surface area contributed by atoms with Gasteiger partial charge in [-0.1, -0.05) is 105 Å². The SMILES string of the molecule is C=CC(=O)N1CCN(c2nc(OC[C@H]3CCC(c4ccc(N5CCc6c(nc(OC[C@@H]7CC(c8cc(N9CCc%10c(nc(OC[C@@H]%11CCCN%11C)nc%10N%10CCN(C(=O)C=C)[C@@H](CC#N)C%10)C9)c9c(C(F)(F)F)cccc9c8)CN7C)nc6N6CCN(C(=O)C=C)[C@@H](CCOC)C6)C5)c5ccccc45)CN3C)nc3c2CCN(c2cccc4ccccc24)C3)C[C@@H]1CC#N. The first kappa shape index (κ1) is 87.5. The molecule has 3 amide bonds. The van der Waals surface area contributed by atoms with Crippen molar-refractivity contribution in [1.29, 1.82) is 10.5 Å². The van der Waals surface area contributed by atoms with Crippen molar-refractivity contribution in [3.05, 3.63) is 198 Å². The van der Waals surface area contributed by atoms with Crippen LogP contribution in [0.15, 0.2) is 147 Å². The number of hydrogen-bond donors (Lipinski definition) is 0. The summed E-state index contributed by atoms with van der Waals surface area (Å²) in [6, 6.07) is 41.0. The van der Waals surface area contributed by atoms with E-state index in [0.717, 1.165) is 107 Å². The largest absolute Gasteiger partial charge is 0.462 e. The van der Waals surface area contributed by atoms with E-state index in [0.29, 0.717) is 172 Å². The molecule has 30 heteroatoms. The number of amides is 3. The highest BCUT2D eigenvalue weighted by Crippen LogP contribution is 2.47. The molecule has 12 heterocycles. The molecule has 0 spiro atoms. The number of halogens is 3. The second-order valence-corrected chi connectivity index (χ2v) is 36.1. The Morgan fingerprint density at radius 2 is 0.938 bits per heavy atom. The van der Waals surface area contributed by atoms with Gasteiger partial charge in [-0.25, -0.2) is 0 Å². The van der Waals surface area contributed by atoms with Gasteiger partial charge in [-0.15, -0.1) is 0 Å². The Bertz CT molecular complexity index is 5840. The maximum absolute atomic E-state index is 15.6. The first-order chi connectivity index (χ1) is 62.7. The highest BCUT2D eigenvalue weighted by molar-refractivity contribution is 6.00. The van der Waals surface area contributed by atoms with E-state index in [-0.39, 0.29) is 103 Å². The molecule has 0 bridgehead atoms. The summed E-state index contributed by atoms with van der Waals surface area (Å²) in [6.07, 6.45) is 6.42. The number of piperazine rings is 3. The highest BCUT2D eigenvalue weighted by atomic mass is 19.4. The number of rotatable bonds is 25. The molecule has 6 aromatic carbocycles. The predicted octanol–water partition coefficient (Wildman–Crippen LogP) is 12.3. The molecule has 129 heavy (non-hydrogen) atoms. The average Bonchev–Trinajstić information content (AvgIpc) is 1.66. The monoisotopic (exact) mass is 1750 g/mol. The Morgan fingerprint density at radius 3 is 1.47 bits per heavy atom. The number of fused-ring (bicyclic) bond motifs is 6. The molecule has 0 N–H and O–H groups in total. The van der Waals surface area contributed by atoms with Crippen LogP contribution in [0, 0.1) is 22.7 Å². The maximum Gasteiger partial charge on any atom is 0.417 e. The summed E-state index contributed by atoms with van der Waals surface area (Å²) in [7, 11) is 8.00. The van der Waals surface area contributed by atoms with Gasteiger partial charge in [0.15, 0.2) is 0 Å². The molecular formula is C99H113F3N20O7. The highest BCUT2D eigenvalue weighted by Gasteiger charge is 2.43. The number of alkyl halides is 3. The predicted molar refractivity (Wildman–Crippen MR) is 492 cm³/mol. The van der Waals surface area contributed by atoms with E-state index in [9.17, 15) is 24.9 Å². The number of hydrogen-bond acceptors (Lipinski definition) is 24. The quantitative estimate of drug-likeness (QED) is 0.0482. The van der Waals surface area contributed by atoms with Gasteiger partial charge < -0.3 is 67.9 Å². The van der Waals surface area contributed by atoms with Gasteiger partial charge in [0.05, 0.1) is 85.4 Å². The van der Waals surface area contributed by atoms with Gasteiger partial charge in [-0.2, -0.15) is 53.6 Å². The van der Waals surface area contributed by atoms with E-state index >= 15 is 13.2 Å². The van der Waals surface area contributed by atoms with Gasteiger partial charge >= 0.3 is 24.2 Å². The molecule has 9 aliphatic rings. The minimum Gasteiger partial charge on any atom is -0.462 e. The van der Waals surface area contributed by atoms with Crippen molar-refractivity contribution in [3.8, 4) is 30.2 Å². The van der Waals surface area contributed by atoms with Crippen molar-refractivity contribution in [3.63, 3.8) is 0 Å². The average molecular weight is 1750 g/mol. The van der Waals surface area contributed by atoms with Crippen LogP contribution in [0.2, 0.25) is 0 Å². The normalized spacial score (nSPS) is 22.4. The molecule has 672 valence electrons. The van der Waals surface area contributed by atoms with Crippen molar-refractivity contribution in [2.45, 2.75) is 145 Å². The van der Waals surface area contributed by atoms with Gasteiger partial charge in [0.2, 0.25) is 17.7 Å². The number of nitrogens with zero attached hydrogens (tertiary/aromatic N) is 20. The van der Waals surface area contributed by atoms with Crippen molar-refractivity contribution in [2.24, 2.45) is 0 Å². The first-order valence-electron chi connectivity index (χ1n) is 45.6. The zero-order chi connectivity index (χ0) is 89.3. The fraction of sp³-hybridized carbons (Fsp3) is 0.465. The molecule has 27 nitrogen and oxygen atoms in total. The Hall–Kier alpha value is -12.2. The zero-order valence-electron chi connectivity index (χ0n) is 74.1. The fourth-order valence-electron chi connectivity index (χ4n) is 21.6. The Kier molecular flexibility index (Phi) is 25.7. The van der Waals surface area contributed by atoms with Crippen LogP contribution in [0.4, 0.5) is 47.7 Å². The third-order valence-corrected chi connectivity index (χ3v) is 28.6. The van der Waals surface area contributed by atoms with Crippen LogP contribution in [0.25, 0.3) is 32.3 Å². The Morgan fingerprint density at radius 1 is 0.465 bits per heavy atom. The first-order valence-corrected chi connectivity index (χ1v) is 45.6. The summed E-state index contributed by atoms with van der Waals surface area (Å²) >= 11 is 0. The lowest BCUT2D eigenvalue weighted by Gasteiger charge is -2.43. The fourth-order valence-corrected chi connectivity index (χ4v) is 21.6. The number of methoxy groups -OCH3 is 1. The number of carbonyl (C=O) groups excluding carboxylic acids is 3. The lowest BCUT2D eigenvalue weighted by Crippen LogP contribution is -2.55. The number of anilines is 6. The molecule has 6 saturated heterocycles. The van der Waals surface area contributed by atoms with Crippen LogP contribution in [0.1, 0.15) is 114 Å². The van der Waals surface area contributed by atoms with Crippen molar-refractivity contribution >= 4 is 84.6 Å². The minimum atomic E-state index is -4.66. The maximum atomic E-state index is 15.6. The summed E-state index contributed by atoms with van der Waals surface area (Å²) in [6.45, 7) is 22.2. The van der Waals surface area contributed by atoms with Crippen LogP contribution in [0.5, 0.6) is 18.0 Å². The van der Waals surface area contributed by atoms with Gasteiger partial charge in [0, 0.05) is 173 Å². The Labute approximate surface area is 751 Å². The number of aromatic nitrogens is 6. The van der Waals surface area contributed by atoms with Gasteiger partial charge in [-0.05, 0) is 167 Å². The van der Waals surface area contributed by atoms with Crippen LogP contribution < -0.4 is 43.6 Å². The smallest absolute Gasteiger partial charge is 0.417 e. The Balaban J connectivity index is 0.593. The third kappa shape index (κ3) is 18.0. The topological polar surface area (TPSA) is 252 Å². The number of piperidine rings is 1. The van der Waals surface area contributed by atoms with E-state index < -0.39 is 17.8 Å². The van der Waals surface area contributed by atoms with Gasteiger partial charge in [0.25, 0.3) is 0 Å².